The van der Waals surface area contributed by atoms with E-state index in [0.717, 1.165) is 31.6 Å². The number of nitrogens with zero attached hydrogens (tertiary/aromatic N) is 1. The highest BCUT2D eigenvalue weighted by Gasteiger charge is 2.30. The van der Waals surface area contributed by atoms with Crippen LogP contribution in [0.3, 0.4) is 0 Å². The van der Waals surface area contributed by atoms with E-state index in [1.54, 1.807) is 24.3 Å². The molecule has 0 radical (unpaired) electrons. The van der Waals surface area contributed by atoms with E-state index in [9.17, 15) is 18.0 Å². The van der Waals surface area contributed by atoms with Gasteiger partial charge in [0.2, 0.25) is 0 Å². The van der Waals surface area contributed by atoms with Crippen molar-refractivity contribution < 1.29 is 18.0 Å². The highest BCUT2D eigenvalue weighted by Crippen LogP contribution is 2.33. The van der Waals surface area contributed by atoms with E-state index in [1.807, 2.05) is 18.2 Å². The fourth-order valence-electron chi connectivity index (χ4n) is 4.90. The maximum absolute atomic E-state index is 13.2. The third-order valence-electron chi connectivity index (χ3n) is 7.03. The van der Waals surface area contributed by atoms with Crippen molar-refractivity contribution in [1.29, 1.82) is 0 Å². The SMILES string of the molecule is C[C@H](c1ccccc1)N1CCc2cc(NC(=O)c3ccccc3-c3ccc(C(F)(F)F)cc3)ccc2C1. The molecular formula is C31H27F3N2O. The summed E-state index contributed by atoms with van der Waals surface area (Å²) in [6.45, 7) is 4.00. The van der Waals surface area contributed by atoms with Crippen molar-refractivity contribution in [2.24, 2.45) is 0 Å². The van der Waals surface area contributed by atoms with Crippen LogP contribution in [0.1, 0.15) is 45.6 Å². The molecular weight excluding hydrogens is 473 g/mol. The van der Waals surface area contributed by atoms with Crippen LogP contribution >= 0.6 is 0 Å². The molecule has 0 aromatic heterocycles. The Morgan fingerprint density at radius 2 is 1.57 bits per heavy atom. The summed E-state index contributed by atoms with van der Waals surface area (Å²) in [4.78, 5) is 15.7. The molecule has 0 bridgehead atoms. The molecule has 0 saturated carbocycles. The summed E-state index contributed by atoms with van der Waals surface area (Å²) in [6.07, 6.45) is -3.52. The number of alkyl halides is 3. The van der Waals surface area contributed by atoms with Crippen molar-refractivity contribution in [3.8, 4) is 11.1 Å². The Labute approximate surface area is 214 Å². The van der Waals surface area contributed by atoms with E-state index < -0.39 is 11.7 Å². The van der Waals surface area contributed by atoms with Crippen LogP contribution in [-0.2, 0) is 19.1 Å². The first kappa shape index (κ1) is 24.8. The third-order valence-corrected chi connectivity index (χ3v) is 7.03. The number of anilines is 1. The normalized spacial score (nSPS) is 14.6. The van der Waals surface area contributed by atoms with Gasteiger partial charge in [-0.25, -0.2) is 0 Å². The molecule has 1 aliphatic rings. The van der Waals surface area contributed by atoms with Crippen molar-refractivity contribution in [3.63, 3.8) is 0 Å². The average Bonchev–Trinajstić information content (AvgIpc) is 2.92. The molecule has 37 heavy (non-hydrogen) atoms. The van der Waals surface area contributed by atoms with Crippen molar-refractivity contribution in [2.45, 2.75) is 32.1 Å². The number of fused-ring (bicyclic) bond motifs is 1. The summed E-state index contributed by atoms with van der Waals surface area (Å²) >= 11 is 0. The van der Waals surface area contributed by atoms with Gasteiger partial charge in [0, 0.05) is 30.4 Å². The minimum absolute atomic E-state index is 0.300. The maximum Gasteiger partial charge on any atom is 0.416 e. The summed E-state index contributed by atoms with van der Waals surface area (Å²) in [5, 5.41) is 2.98. The van der Waals surface area contributed by atoms with Gasteiger partial charge >= 0.3 is 6.18 Å². The molecule has 1 amide bonds. The fourth-order valence-corrected chi connectivity index (χ4v) is 4.90. The molecule has 188 valence electrons. The largest absolute Gasteiger partial charge is 0.416 e. The van der Waals surface area contributed by atoms with Gasteiger partial charge in [-0.05, 0) is 71.5 Å². The number of carbonyl (C=O) groups excluding carboxylic acids is 1. The van der Waals surface area contributed by atoms with E-state index in [1.165, 1.54) is 28.8 Å². The fraction of sp³-hybridized carbons (Fsp3) is 0.194. The van der Waals surface area contributed by atoms with Gasteiger partial charge in [0.15, 0.2) is 0 Å². The standard InChI is InChI=1S/C31H27F3N2O/c1-21(22-7-3-2-4-8-22)36-18-17-24-19-27(16-13-25(24)20-36)35-30(37)29-10-6-5-9-28(29)23-11-14-26(15-12-23)31(32,33)34/h2-16,19,21H,17-18,20H2,1H3,(H,35,37)/t21-/m1/s1. The van der Waals surface area contributed by atoms with E-state index in [0.29, 0.717) is 28.4 Å². The predicted molar refractivity (Wildman–Crippen MR) is 140 cm³/mol. The summed E-state index contributed by atoms with van der Waals surface area (Å²) in [5.74, 6) is -0.300. The Kier molecular flexibility index (Phi) is 6.85. The average molecular weight is 501 g/mol. The molecule has 6 heteroatoms. The zero-order valence-corrected chi connectivity index (χ0v) is 20.4. The topological polar surface area (TPSA) is 32.3 Å². The Morgan fingerprint density at radius 3 is 2.30 bits per heavy atom. The monoisotopic (exact) mass is 500 g/mol. The minimum Gasteiger partial charge on any atom is -0.322 e. The Bertz CT molecular complexity index is 1400. The first-order chi connectivity index (χ1) is 17.8. The molecule has 1 heterocycles. The van der Waals surface area contributed by atoms with Gasteiger partial charge in [0.05, 0.1) is 5.56 Å². The second kappa shape index (κ2) is 10.2. The van der Waals surface area contributed by atoms with Crippen molar-refractivity contribution >= 4 is 11.6 Å². The van der Waals surface area contributed by atoms with Gasteiger partial charge in [-0.3, -0.25) is 9.69 Å². The smallest absolute Gasteiger partial charge is 0.322 e. The molecule has 1 N–H and O–H groups in total. The molecule has 0 saturated heterocycles. The highest BCUT2D eigenvalue weighted by molar-refractivity contribution is 6.08. The van der Waals surface area contributed by atoms with Gasteiger partial charge in [-0.2, -0.15) is 13.2 Å². The molecule has 0 unspecified atom stereocenters. The molecule has 5 rings (SSSR count). The quantitative estimate of drug-likeness (QED) is 0.304. The van der Waals surface area contributed by atoms with E-state index in [2.05, 4.69) is 47.5 Å². The zero-order chi connectivity index (χ0) is 26.0. The molecule has 4 aromatic carbocycles. The molecule has 4 aromatic rings. The molecule has 1 atom stereocenters. The lowest BCUT2D eigenvalue weighted by Gasteiger charge is -2.34. The van der Waals surface area contributed by atoms with E-state index in [4.69, 9.17) is 0 Å². The Hall–Kier alpha value is -3.90. The van der Waals surface area contributed by atoms with Crippen LogP contribution in [0.2, 0.25) is 0 Å². The van der Waals surface area contributed by atoms with Crippen LogP contribution in [0.4, 0.5) is 18.9 Å². The maximum atomic E-state index is 13.2. The second-order valence-electron chi connectivity index (χ2n) is 9.37. The lowest BCUT2D eigenvalue weighted by molar-refractivity contribution is -0.137. The van der Waals surface area contributed by atoms with Crippen LogP contribution in [0.15, 0.2) is 97.1 Å². The van der Waals surface area contributed by atoms with Gasteiger partial charge in [-0.1, -0.05) is 66.7 Å². The van der Waals surface area contributed by atoms with Crippen molar-refractivity contribution in [2.75, 3.05) is 11.9 Å². The number of hydrogen-bond donors (Lipinski definition) is 1. The lowest BCUT2D eigenvalue weighted by atomic mass is 9.96. The van der Waals surface area contributed by atoms with Crippen molar-refractivity contribution in [3.05, 3.63) is 125 Å². The first-order valence-corrected chi connectivity index (χ1v) is 12.3. The summed E-state index contributed by atoms with van der Waals surface area (Å²) < 4.78 is 38.9. The first-order valence-electron chi connectivity index (χ1n) is 12.3. The van der Waals surface area contributed by atoms with Crippen LogP contribution in [0, 0.1) is 0 Å². The third kappa shape index (κ3) is 5.44. The summed E-state index contributed by atoms with van der Waals surface area (Å²) in [6, 6.07) is 28.6. The number of benzene rings is 4. The van der Waals surface area contributed by atoms with Crippen molar-refractivity contribution in [1.82, 2.24) is 4.90 Å². The van der Waals surface area contributed by atoms with Gasteiger partial charge < -0.3 is 5.32 Å². The van der Waals surface area contributed by atoms with Gasteiger partial charge in [-0.15, -0.1) is 0 Å². The van der Waals surface area contributed by atoms with Gasteiger partial charge in [0.25, 0.3) is 5.91 Å². The molecule has 3 nitrogen and oxygen atoms in total. The van der Waals surface area contributed by atoms with E-state index in [-0.39, 0.29) is 5.91 Å². The summed E-state index contributed by atoms with van der Waals surface area (Å²) in [7, 11) is 0. The summed E-state index contributed by atoms with van der Waals surface area (Å²) in [5.41, 5.74) is 5.28. The number of hydrogen-bond acceptors (Lipinski definition) is 2. The van der Waals surface area contributed by atoms with Crippen LogP contribution in [-0.4, -0.2) is 17.4 Å². The predicted octanol–water partition coefficient (Wildman–Crippen LogP) is 7.74. The molecule has 0 fully saturated rings. The number of halogens is 3. The Morgan fingerprint density at radius 1 is 0.865 bits per heavy atom. The van der Waals surface area contributed by atoms with Crippen LogP contribution in [0.5, 0.6) is 0 Å². The Balaban J connectivity index is 1.31. The number of rotatable bonds is 5. The van der Waals surface area contributed by atoms with E-state index >= 15 is 0 Å². The van der Waals surface area contributed by atoms with Crippen LogP contribution in [0.25, 0.3) is 11.1 Å². The van der Waals surface area contributed by atoms with Gasteiger partial charge in [0.1, 0.15) is 0 Å². The van der Waals surface area contributed by atoms with Crippen LogP contribution < -0.4 is 5.32 Å². The second-order valence-corrected chi connectivity index (χ2v) is 9.37. The zero-order valence-electron chi connectivity index (χ0n) is 20.4. The molecule has 0 spiro atoms. The molecule has 1 aliphatic heterocycles. The lowest BCUT2D eigenvalue weighted by Crippen LogP contribution is -2.33. The molecule has 0 aliphatic carbocycles. The number of nitrogens with one attached hydrogen (secondary N) is 1. The number of carbonyl (C=O) groups is 1. The highest BCUT2D eigenvalue weighted by atomic mass is 19.4. The minimum atomic E-state index is -4.40. The number of amides is 1.